The van der Waals surface area contributed by atoms with Gasteiger partial charge in [0.25, 0.3) is 0 Å². The van der Waals surface area contributed by atoms with Crippen LogP contribution >= 0.6 is 11.3 Å². The van der Waals surface area contributed by atoms with Gasteiger partial charge in [-0.3, -0.25) is 4.98 Å². The maximum atomic E-state index is 5.55. The van der Waals surface area contributed by atoms with Gasteiger partial charge in [0, 0.05) is 13.3 Å². The molecule has 0 radical (unpaired) electrons. The summed E-state index contributed by atoms with van der Waals surface area (Å²) in [5, 5.41) is 13.6. The van der Waals surface area contributed by atoms with Gasteiger partial charge in [0.2, 0.25) is 5.13 Å². The Bertz CT molecular complexity index is 545. The molecule has 1 saturated carbocycles. The normalized spacial score (nSPS) is 22.6. The van der Waals surface area contributed by atoms with E-state index in [9.17, 15) is 0 Å². The van der Waals surface area contributed by atoms with E-state index in [0.717, 1.165) is 28.7 Å². The van der Waals surface area contributed by atoms with Crippen molar-refractivity contribution in [2.45, 2.75) is 37.8 Å². The minimum absolute atomic E-state index is 0.269. The maximum absolute atomic E-state index is 5.55. The summed E-state index contributed by atoms with van der Waals surface area (Å²) in [4.78, 5) is 4.30. The minimum Gasteiger partial charge on any atom is -0.379 e. The van der Waals surface area contributed by atoms with Gasteiger partial charge < -0.3 is 10.1 Å². The summed E-state index contributed by atoms with van der Waals surface area (Å²) in [7, 11) is 1.78. The summed E-state index contributed by atoms with van der Waals surface area (Å²) < 4.78 is 5.55. The van der Waals surface area contributed by atoms with Crippen LogP contribution in [0.4, 0.5) is 5.13 Å². The number of nitrogens with one attached hydrogen (secondary N) is 1. The quantitative estimate of drug-likeness (QED) is 0.938. The molecule has 2 atom stereocenters. The second kappa shape index (κ2) is 6.28. The molecule has 1 fully saturated rings. The Balaban J connectivity index is 1.71. The van der Waals surface area contributed by atoms with E-state index in [4.69, 9.17) is 4.74 Å². The largest absolute Gasteiger partial charge is 0.379 e. The van der Waals surface area contributed by atoms with Crippen molar-refractivity contribution in [2.75, 3.05) is 12.4 Å². The van der Waals surface area contributed by atoms with Gasteiger partial charge in [-0.1, -0.05) is 30.2 Å². The molecule has 0 amide bonds. The van der Waals surface area contributed by atoms with E-state index in [-0.39, 0.29) is 6.10 Å². The highest BCUT2D eigenvalue weighted by Crippen LogP contribution is 2.28. The Morgan fingerprint density at radius 2 is 2.15 bits per heavy atom. The lowest BCUT2D eigenvalue weighted by Gasteiger charge is -2.30. The molecule has 0 aliphatic heterocycles. The van der Waals surface area contributed by atoms with Crippen LogP contribution in [0.2, 0.25) is 0 Å². The first-order chi connectivity index (χ1) is 9.86. The van der Waals surface area contributed by atoms with Crippen molar-refractivity contribution in [3.63, 3.8) is 0 Å². The number of nitrogens with zero attached hydrogens (tertiary/aromatic N) is 3. The average molecular weight is 290 g/mol. The summed E-state index contributed by atoms with van der Waals surface area (Å²) in [5.74, 6) is 0. The smallest absolute Gasteiger partial charge is 0.206 e. The molecule has 2 heterocycles. The number of pyridine rings is 1. The van der Waals surface area contributed by atoms with Gasteiger partial charge in [0.15, 0.2) is 5.01 Å². The molecule has 1 aliphatic rings. The van der Waals surface area contributed by atoms with Gasteiger partial charge in [0.1, 0.15) is 5.69 Å². The molecular weight excluding hydrogens is 272 g/mol. The van der Waals surface area contributed by atoms with Crippen molar-refractivity contribution >= 4 is 16.5 Å². The van der Waals surface area contributed by atoms with Gasteiger partial charge in [-0.25, -0.2) is 0 Å². The van der Waals surface area contributed by atoms with E-state index in [0.29, 0.717) is 6.04 Å². The van der Waals surface area contributed by atoms with E-state index in [1.807, 2.05) is 18.2 Å². The lowest BCUT2D eigenvalue weighted by Crippen LogP contribution is -2.37. The number of anilines is 1. The van der Waals surface area contributed by atoms with Crippen LogP contribution in [-0.2, 0) is 4.74 Å². The third kappa shape index (κ3) is 2.96. The lowest BCUT2D eigenvalue weighted by molar-refractivity contribution is 0.0606. The van der Waals surface area contributed by atoms with Crippen LogP contribution in [0, 0.1) is 0 Å². The molecule has 1 aliphatic carbocycles. The van der Waals surface area contributed by atoms with Gasteiger partial charge in [-0.05, 0) is 25.0 Å². The molecule has 6 heteroatoms. The number of hydrogen-bond donors (Lipinski definition) is 1. The number of methoxy groups -OCH3 is 1. The molecular formula is C14H18N4OS. The SMILES string of the molecule is CO[C@@H]1CCCC[C@H]1Nc1nnc(-c2ccccn2)s1. The molecule has 0 bridgehead atoms. The molecule has 5 nitrogen and oxygen atoms in total. The van der Waals surface area contributed by atoms with Gasteiger partial charge in [-0.2, -0.15) is 0 Å². The number of aromatic nitrogens is 3. The van der Waals surface area contributed by atoms with Crippen LogP contribution in [0.15, 0.2) is 24.4 Å². The second-order valence-electron chi connectivity index (χ2n) is 4.94. The standard InChI is InChI=1S/C14H18N4OS/c1-19-12-8-3-2-6-10(12)16-14-18-17-13(20-14)11-7-4-5-9-15-11/h4-5,7,9-10,12H,2-3,6,8H2,1H3,(H,16,18)/t10-,12-/m1/s1. The number of ether oxygens (including phenoxy) is 1. The minimum atomic E-state index is 0.269. The molecule has 3 rings (SSSR count). The summed E-state index contributed by atoms with van der Waals surface area (Å²) in [5.41, 5.74) is 0.866. The van der Waals surface area contributed by atoms with Crippen LogP contribution < -0.4 is 5.32 Å². The molecule has 0 saturated heterocycles. The zero-order valence-electron chi connectivity index (χ0n) is 11.5. The van der Waals surface area contributed by atoms with Crippen molar-refractivity contribution in [2.24, 2.45) is 0 Å². The zero-order valence-corrected chi connectivity index (χ0v) is 12.3. The van der Waals surface area contributed by atoms with Crippen molar-refractivity contribution in [1.29, 1.82) is 0 Å². The Hall–Kier alpha value is -1.53. The molecule has 0 unspecified atom stereocenters. The average Bonchev–Trinajstić information content (AvgIpc) is 2.97. The first-order valence-electron chi connectivity index (χ1n) is 6.91. The van der Waals surface area contributed by atoms with E-state index in [2.05, 4.69) is 20.5 Å². The summed E-state index contributed by atoms with van der Waals surface area (Å²) in [6, 6.07) is 6.13. The van der Waals surface area contributed by atoms with Crippen LogP contribution in [0.3, 0.4) is 0 Å². The van der Waals surface area contributed by atoms with Crippen LogP contribution in [0.1, 0.15) is 25.7 Å². The molecule has 0 spiro atoms. The van der Waals surface area contributed by atoms with Crippen LogP contribution in [-0.4, -0.2) is 34.4 Å². The van der Waals surface area contributed by atoms with Crippen LogP contribution in [0.5, 0.6) is 0 Å². The first-order valence-corrected chi connectivity index (χ1v) is 7.72. The first kappa shape index (κ1) is 13.5. The predicted octanol–water partition coefficient (Wildman–Crippen LogP) is 2.97. The maximum Gasteiger partial charge on any atom is 0.206 e. The number of rotatable bonds is 4. The Morgan fingerprint density at radius 3 is 2.95 bits per heavy atom. The highest BCUT2D eigenvalue weighted by atomic mass is 32.1. The third-order valence-corrected chi connectivity index (χ3v) is 4.50. The summed E-state index contributed by atoms with van der Waals surface area (Å²) in [6.07, 6.45) is 6.75. The van der Waals surface area contributed by atoms with E-state index >= 15 is 0 Å². The van der Waals surface area contributed by atoms with E-state index < -0.39 is 0 Å². The fourth-order valence-corrected chi connectivity index (χ4v) is 3.36. The van der Waals surface area contributed by atoms with Crippen molar-refractivity contribution in [3.8, 4) is 10.7 Å². The fourth-order valence-electron chi connectivity index (χ4n) is 2.58. The lowest BCUT2D eigenvalue weighted by atomic mass is 9.92. The molecule has 2 aromatic heterocycles. The summed E-state index contributed by atoms with van der Waals surface area (Å²) >= 11 is 1.54. The topological polar surface area (TPSA) is 59.9 Å². The Labute approximate surface area is 122 Å². The van der Waals surface area contributed by atoms with Gasteiger partial charge in [0.05, 0.1) is 12.1 Å². The van der Waals surface area contributed by atoms with Crippen molar-refractivity contribution in [1.82, 2.24) is 15.2 Å². The molecule has 1 N–H and O–H groups in total. The molecule has 2 aromatic rings. The van der Waals surface area contributed by atoms with E-state index in [1.54, 1.807) is 24.6 Å². The molecule has 20 heavy (non-hydrogen) atoms. The summed E-state index contributed by atoms with van der Waals surface area (Å²) in [6.45, 7) is 0. The highest BCUT2D eigenvalue weighted by Gasteiger charge is 2.25. The van der Waals surface area contributed by atoms with Gasteiger partial charge >= 0.3 is 0 Å². The number of hydrogen-bond acceptors (Lipinski definition) is 6. The molecule has 106 valence electrons. The second-order valence-corrected chi connectivity index (χ2v) is 5.91. The van der Waals surface area contributed by atoms with E-state index in [1.165, 1.54) is 12.8 Å². The zero-order chi connectivity index (χ0) is 13.8. The predicted molar refractivity (Wildman–Crippen MR) is 79.8 cm³/mol. The van der Waals surface area contributed by atoms with Gasteiger partial charge in [-0.15, -0.1) is 10.2 Å². The van der Waals surface area contributed by atoms with Crippen molar-refractivity contribution in [3.05, 3.63) is 24.4 Å². The Morgan fingerprint density at radius 1 is 1.25 bits per heavy atom. The Kier molecular flexibility index (Phi) is 4.22. The fraction of sp³-hybridized carbons (Fsp3) is 0.500. The monoisotopic (exact) mass is 290 g/mol. The molecule has 0 aromatic carbocycles. The van der Waals surface area contributed by atoms with Crippen LogP contribution in [0.25, 0.3) is 10.7 Å². The van der Waals surface area contributed by atoms with Crippen molar-refractivity contribution < 1.29 is 4.74 Å². The third-order valence-electron chi connectivity index (χ3n) is 3.62. The highest BCUT2D eigenvalue weighted by molar-refractivity contribution is 7.18.